The van der Waals surface area contributed by atoms with Gasteiger partial charge in [-0.3, -0.25) is 9.59 Å². The molecule has 2 N–H and O–H groups in total. The summed E-state index contributed by atoms with van der Waals surface area (Å²) >= 11 is 1.49. The summed E-state index contributed by atoms with van der Waals surface area (Å²) in [7, 11) is 0. The Kier molecular flexibility index (Phi) is 7.57. The van der Waals surface area contributed by atoms with E-state index in [4.69, 9.17) is 9.84 Å². The second-order valence-corrected chi connectivity index (χ2v) is 5.07. The number of amides is 1. The molecule has 0 aliphatic rings. The summed E-state index contributed by atoms with van der Waals surface area (Å²) in [5.74, 6) is 0.371. The molecule has 0 radical (unpaired) electrons. The fraction of sp³-hybridized carbons (Fsp3) is 0.429. The second kappa shape index (κ2) is 9.25. The fourth-order valence-corrected chi connectivity index (χ4v) is 1.86. The highest BCUT2D eigenvalue weighted by Gasteiger charge is 2.01. The van der Waals surface area contributed by atoms with Crippen molar-refractivity contribution in [3.05, 3.63) is 29.8 Å². The zero-order chi connectivity index (χ0) is 14.8. The normalized spacial score (nSPS) is 10.1. The minimum Gasteiger partial charge on any atom is -0.494 e. The number of carboxylic acids is 1. The zero-order valence-electron chi connectivity index (χ0n) is 11.4. The summed E-state index contributed by atoms with van der Waals surface area (Å²) in [4.78, 5) is 21.6. The summed E-state index contributed by atoms with van der Waals surface area (Å²) in [6.45, 7) is 0.884. The second-order valence-electron chi connectivity index (χ2n) is 4.20. The van der Waals surface area contributed by atoms with E-state index in [-0.39, 0.29) is 12.3 Å². The van der Waals surface area contributed by atoms with Crippen molar-refractivity contribution >= 4 is 23.6 Å². The average Bonchev–Trinajstić information content (AvgIpc) is 2.43. The molecule has 0 spiro atoms. The summed E-state index contributed by atoms with van der Waals surface area (Å²) in [5.41, 5.74) is 0.998. The average molecular weight is 297 g/mol. The quantitative estimate of drug-likeness (QED) is 0.681. The number of ether oxygens (including phenoxy) is 1. The predicted molar refractivity (Wildman–Crippen MR) is 79.0 cm³/mol. The summed E-state index contributed by atoms with van der Waals surface area (Å²) < 4.78 is 5.42. The van der Waals surface area contributed by atoms with Gasteiger partial charge < -0.3 is 15.2 Å². The van der Waals surface area contributed by atoms with Gasteiger partial charge in [0.1, 0.15) is 5.75 Å². The molecular weight excluding hydrogens is 278 g/mol. The molecule has 1 aromatic rings. The van der Waals surface area contributed by atoms with Gasteiger partial charge in [-0.2, -0.15) is 11.8 Å². The monoisotopic (exact) mass is 297 g/mol. The highest BCUT2D eigenvalue weighted by atomic mass is 32.2. The van der Waals surface area contributed by atoms with Crippen LogP contribution in [0, 0.1) is 0 Å². The zero-order valence-corrected chi connectivity index (χ0v) is 12.2. The Balaban J connectivity index is 2.29. The van der Waals surface area contributed by atoms with E-state index < -0.39 is 5.97 Å². The third-order valence-electron chi connectivity index (χ3n) is 2.49. The molecule has 0 aliphatic carbocycles. The lowest BCUT2D eigenvalue weighted by atomic mass is 10.2. The van der Waals surface area contributed by atoms with Crippen LogP contribution in [0.15, 0.2) is 24.3 Å². The van der Waals surface area contributed by atoms with Gasteiger partial charge in [-0.05, 0) is 30.4 Å². The third-order valence-corrected chi connectivity index (χ3v) is 3.04. The molecule has 0 fully saturated rings. The third kappa shape index (κ3) is 7.04. The van der Waals surface area contributed by atoms with Gasteiger partial charge in [0, 0.05) is 13.0 Å². The molecule has 6 heteroatoms. The molecule has 1 aromatic carbocycles. The van der Waals surface area contributed by atoms with Crippen LogP contribution in [0.3, 0.4) is 0 Å². The van der Waals surface area contributed by atoms with E-state index in [1.165, 1.54) is 11.8 Å². The first-order valence-corrected chi connectivity index (χ1v) is 7.70. The Bertz CT molecular complexity index is 433. The first-order chi connectivity index (χ1) is 9.61. The Hall–Kier alpha value is -1.69. The first-order valence-electron chi connectivity index (χ1n) is 6.31. The van der Waals surface area contributed by atoms with Crippen molar-refractivity contribution < 1.29 is 19.4 Å². The molecule has 110 valence electrons. The lowest BCUT2D eigenvalue weighted by Gasteiger charge is -2.07. The van der Waals surface area contributed by atoms with E-state index >= 15 is 0 Å². The number of hydrogen-bond acceptors (Lipinski definition) is 4. The van der Waals surface area contributed by atoms with Crippen LogP contribution >= 0.6 is 11.8 Å². The van der Waals surface area contributed by atoms with Crippen LogP contribution in [-0.4, -0.2) is 35.6 Å². The van der Waals surface area contributed by atoms with Gasteiger partial charge in [-0.15, -0.1) is 0 Å². The molecule has 0 bridgehead atoms. The number of rotatable bonds is 9. The van der Waals surface area contributed by atoms with Gasteiger partial charge in [0.05, 0.1) is 12.4 Å². The van der Waals surface area contributed by atoms with Gasteiger partial charge >= 0.3 is 5.97 Å². The smallest absolute Gasteiger partial charge is 0.303 e. The number of carbonyl (C=O) groups is 2. The number of carbonyl (C=O) groups excluding carboxylic acids is 1. The van der Waals surface area contributed by atoms with E-state index in [1.807, 2.05) is 30.5 Å². The number of nitrogens with one attached hydrogen (secondary N) is 1. The van der Waals surface area contributed by atoms with Crippen molar-refractivity contribution in [2.45, 2.75) is 19.4 Å². The number of aliphatic carboxylic acids is 1. The van der Waals surface area contributed by atoms with Crippen LogP contribution in [-0.2, 0) is 16.1 Å². The highest BCUT2D eigenvalue weighted by Crippen LogP contribution is 2.12. The van der Waals surface area contributed by atoms with E-state index in [9.17, 15) is 9.59 Å². The fourth-order valence-electron chi connectivity index (χ4n) is 1.50. The Morgan fingerprint density at radius 2 is 2.00 bits per heavy atom. The molecule has 5 nitrogen and oxygen atoms in total. The number of thioether (sulfide) groups is 1. The van der Waals surface area contributed by atoms with Gasteiger partial charge in [0.25, 0.3) is 0 Å². The molecule has 20 heavy (non-hydrogen) atoms. The van der Waals surface area contributed by atoms with Crippen LogP contribution < -0.4 is 10.1 Å². The van der Waals surface area contributed by atoms with Crippen molar-refractivity contribution in [1.82, 2.24) is 5.32 Å². The molecule has 0 saturated carbocycles. The summed E-state index contributed by atoms with van der Waals surface area (Å²) in [5, 5.41) is 11.3. The maximum atomic E-state index is 11.3. The van der Waals surface area contributed by atoms with Crippen molar-refractivity contribution in [3.63, 3.8) is 0 Å². The molecule has 0 aromatic heterocycles. The largest absolute Gasteiger partial charge is 0.494 e. The van der Waals surface area contributed by atoms with Crippen molar-refractivity contribution in [2.24, 2.45) is 0 Å². The molecule has 1 amide bonds. The lowest BCUT2D eigenvalue weighted by Crippen LogP contribution is -2.24. The topological polar surface area (TPSA) is 75.6 Å². The van der Waals surface area contributed by atoms with Gasteiger partial charge in [0.2, 0.25) is 5.91 Å². The lowest BCUT2D eigenvalue weighted by molar-refractivity contribution is -0.137. The van der Waals surface area contributed by atoms with E-state index in [2.05, 4.69) is 5.32 Å². The molecule has 0 heterocycles. The summed E-state index contributed by atoms with van der Waals surface area (Å²) in [6, 6.07) is 7.39. The van der Waals surface area contributed by atoms with Gasteiger partial charge in [-0.25, -0.2) is 0 Å². The van der Waals surface area contributed by atoms with Gasteiger partial charge in [-0.1, -0.05) is 12.1 Å². The van der Waals surface area contributed by atoms with Crippen LogP contribution in [0.1, 0.15) is 18.4 Å². The number of carboxylic acid groups (broad SMARTS) is 1. The van der Waals surface area contributed by atoms with E-state index in [0.29, 0.717) is 31.1 Å². The van der Waals surface area contributed by atoms with Crippen LogP contribution in [0.5, 0.6) is 5.75 Å². The Morgan fingerprint density at radius 3 is 2.60 bits per heavy atom. The van der Waals surface area contributed by atoms with Crippen LogP contribution in [0.2, 0.25) is 0 Å². The predicted octanol–water partition coefficient (Wildman–Crippen LogP) is 1.91. The summed E-state index contributed by atoms with van der Waals surface area (Å²) in [6.07, 6.45) is 2.48. The number of benzene rings is 1. The highest BCUT2D eigenvalue weighted by molar-refractivity contribution is 7.99. The molecule has 1 rings (SSSR count). The molecule has 0 saturated heterocycles. The Morgan fingerprint density at radius 1 is 1.30 bits per heavy atom. The standard InChI is InChI=1S/C14H19NO4S/c1-20-10-13(16)15-9-11-4-6-12(7-5-11)19-8-2-3-14(17)18/h4-7H,2-3,8-10H2,1H3,(H,15,16)(H,17,18). The maximum absolute atomic E-state index is 11.3. The SMILES string of the molecule is CSCC(=O)NCc1ccc(OCCCC(=O)O)cc1. The van der Waals surface area contributed by atoms with E-state index in [0.717, 1.165) is 5.56 Å². The number of hydrogen-bond donors (Lipinski definition) is 2. The van der Waals surface area contributed by atoms with Crippen molar-refractivity contribution in [2.75, 3.05) is 18.6 Å². The first kappa shape index (κ1) is 16.4. The molecular formula is C14H19NO4S. The van der Waals surface area contributed by atoms with Crippen LogP contribution in [0.25, 0.3) is 0 Å². The van der Waals surface area contributed by atoms with E-state index in [1.54, 1.807) is 0 Å². The molecule has 0 atom stereocenters. The molecule has 0 unspecified atom stereocenters. The Labute approximate surface area is 122 Å². The van der Waals surface area contributed by atoms with Crippen molar-refractivity contribution in [1.29, 1.82) is 0 Å². The van der Waals surface area contributed by atoms with Crippen LogP contribution in [0.4, 0.5) is 0 Å². The van der Waals surface area contributed by atoms with Crippen molar-refractivity contribution in [3.8, 4) is 5.75 Å². The minimum absolute atomic E-state index is 0.0199. The molecule has 0 aliphatic heterocycles. The van der Waals surface area contributed by atoms with Gasteiger partial charge in [0.15, 0.2) is 0 Å². The minimum atomic E-state index is -0.815. The maximum Gasteiger partial charge on any atom is 0.303 e.